The molecule has 0 spiro atoms. The molecular weight excluding hydrogens is 240 g/mol. The van der Waals surface area contributed by atoms with Crippen LogP contribution in [0.4, 0.5) is 4.79 Å². The summed E-state index contributed by atoms with van der Waals surface area (Å²) in [6, 6.07) is 0. The Morgan fingerprint density at radius 1 is 1.32 bits per heavy atom. The van der Waals surface area contributed by atoms with Gasteiger partial charge < -0.3 is 15.0 Å². The van der Waals surface area contributed by atoms with Crippen LogP contribution in [0, 0.1) is 5.92 Å². The predicted octanol–water partition coefficient (Wildman–Crippen LogP) is 3.27. The molecule has 19 heavy (non-hydrogen) atoms. The Labute approximate surface area is 118 Å². The molecule has 0 heterocycles. The van der Waals surface area contributed by atoms with E-state index in [0.29, 0.717) is 5.92 Å². The lowest BCUT2D eigenvalue weighted by Gasteiger charge is -2.26. The number of unbranched alkanes of at least 4 members (excludes halogenated alkanes) is 2. The third kappa shape index (κ3) is 10.8. The first-order chi connectivity index (χ1) is 8.76. The summed E-state index contributed by atoms with van der Waals surface area (Å²) >= 11 is 0. The van der Waals surface area contributed by atoms with Crippen molar-refractivity contribution in [3.05, 3.63) is 0 Å². The number of carbonyl (C=O) groups excluding carboxylic acids is 1. The van der Waals surface area contributed by atoms with Crippen LogP contribution in [0.25, 0.3) is 0 Å². The third-order valence-electron chi connectivity index (χ3n) is 2.74. The summed E-state index contributed by atoms with van der Waals surface area (Å²) in [6.45, 7) is 12.7. The van der Waals surface area contributed by atoms with Gasteiger partial charge in [-0.2, -0.15) is 0 Å². The van der Waals surface area contributed by atoms with Gasteiger partial charge in [0.1, 0.15) is 5.60 Å². The van der Waals surface area contributed by atoms with Crippen LogP contribution >= 0.6 is 0 Å². The fourth-order valence-corrected chi connectivity index (χ4v) is 1.79. The summed E-state index contributed by atoms with van der Waals surface area (Å²) in [6.07, 6.45) is 3.51. The largest absolute Gasteiger partial charge is 0.444 e. The number of ether oxygens (including phenoxy) is 1. The summed E-state index contributed by atoms with van der Waals surface area (Å²) < 4.78 is 5.32. The van der Waals surface area contributed by atoms with Crippen molar-refractivity contribution < 1.29 is 9.53 Å². The van der Waals surface area contributed by atoms with Gasteiger partial charge in [0.2, 0.25) is 0 Å². The average molecular weight is 272 g/mol. The second kappa shape index (κ2) is 9.18. The van der Waals surface area contributed by atoms with Crippen molar-refractivity contribution in [2.24, 2.45) is 5.92 Å². The van der Waals surface area contributed by atoms with Crippen LogP contribution in [0.1, 0.15) is 53.9 Å². The van der Waals surface area contributed by atoms with Crippen molar-refractivity contribution in [2.45, 2.75) is 59.5 Å². The van der Waals surface area contributed by atoms with Crippen LogP contribution in [0.5, 0.6) is 0 Å². The maximum atomic E-state index is 11.8. The Kier molecular flexibility index (Phi) is 8.81. The normalized spacial score (nSPS) is 13.2. The van der Waals surface area contributed by atoms with Gasteiger partial charge in [-0.15, -0.1) is 0 Å². The van der Waals surface area contributed by atoms with Crippen molar-refractivity contribution in [2.75, 3.05) is 26.7 Å². The lowest BCUT2D eigenvalue weighted by Crippen LogP contribution is -2.38. The van der Waals surface area contributed by atoms with E-state index in [1.165, 1.54) is 19.3 Å². The molecule has 114 valence electrons. The minimum atomic E-state index is -0.424. The molecule has 1 unspecified atom stereocenters. The number of nitrogens with one attached hydrogen (secondary N) is 1. The topological polar surface area (TPSA) is 41.6 Å². The monoisotopic (exact) mass is 272 g/mol. The maximum Gasteiger partial charge on any atom is 0.410 e. The lowest BCUT2D eigenvalue weighted by molar-refractivity contribution is 0.0277. The van der Waals surface area contributed by atoms with E-state index < -0.39 is 5.60 Å². The number of carbonyl (C=O) groups is 1. The van der Waals surface area contributed by atoms with Crippen molar-refractivity contribution in [3.63, 3.8) is 0 Å². The molecule has 0 radical (unpaired) electrons. The van der Waals surface area contributed by atoms with Crippen molar-refractivity contribution in [1.82, 2.24) is 10.2 Å². The Bertz CT molecular complexity index is 249. The number of hydrogen-bond acceptors (Lipinski definition) is 3. The molecular formula is C15H32N2O2. The zero-order valence-corrected chi connectivity index (χ0v) is 13.6. The fraction of sp³-hybridized carbons (Fsp3) is 0.933. The molecule has 4 nitrogen and oxygen atoms in total. The molecule has 1 N–H and O–H groups in total. The minimum absolute atomic E-state index is 0.245. The van der Waals surface area contributed by atoms with Gasteiger partial charge in [0.25, 0.3) is 0 Å². The van der Waals surface area contributed by atoms with Gasteiger partial charge in [-0.05, 0) is 46.2 Å². The van der Waals surface area contributed by atoms with Crippen LogP contribution in [0.3, 0.4) is 0 Å². The molecule has 0 fully saturated rings. The van der Waals surface area contributed by atoms with E-state index in [1.54, 1.807) is 11.9 Å². The minimum Gasteiger partial charge on any atom is -0.444 e. The predicted molar refractivity (Wildman–Crippen MR) is 80.4 cm³/mol. The molecule has 0 rings (SSSR count). The zero-order chi connectivity index (χ0) is 14.9. The first-order valence-electron chi connectivity index (χ1n) is 7.41. The van der Waals surface area contributed by atoms with Crippen molar-refractivity contribution >= 4 is 6.09 Å². The second-order valence-corrected chi connectivity index (χ2v) is 6.38. The van der Waals surface area contributed by atoms with Gasteiger partial charge in [0.15, 0.2) is 0 Å². The highest BCUT2D eigenvalue weighted by Gasteiger charge is 2.20. The molecule has 0 aliphatic carbocycles. The van der Waals surface area contributed by atoms with Crippen molar-refractivity contribution in [1.29, 1.82) is 0 Å². The molecule has 1 atom stereocenters. The van der Waals surface area contributed by atoms with E-state index in [9.17, 15) is 4.79 Å². The SMILES string of the molecule is CCCCCNCC(C)CN(C)C(=O)OC(C)(C)C. The first-order valence-corrected chi connectivity index (χ1v) is 7.41. The van der Waals surface area contributed by atoms with Crippen LogP contribution < -0.4 is 5.32 Å². The number of amides is 1. The molecule has 1 amide bonds. The smallest absolute Gasteiger partial charge is 0.410 e. The van der Waals surface area contributed by atoms with E-state index in [1.807, 2.05) is 20.8 Å². The van der Waals surface area contributed by atoms with Gasteiger partial charge in [-0.1, -0.05) is 26.7 Å². The number of hydrogen-bond donors (Lipinski definition) is 1. The zero-order valence-electron chi connectivity index (χ0n) is 13.6. The van der Waals surface area contributed by atoms with Crippen LogP contribution in [0.15, 0.2) is 0 Å². The molecule has 4 heteroatoms. The quantitative estimate of drug-likeness (QED) is 0.690. The van der Waals surface area contributed by atoms with Crippen LogP contribution in [-0.4, -0.2) is 43.3 Å². The van der Waals surface area contributed by atoms with Crippen LogP contribution in [0.2, 0.25) is 0 Å². The molecule has 0 aromatic rings. The first kappa shape index (κ1) is 18.2. The highest BCUT2D eigenvalue weighted by Crippen LogP contribution is 2.10. The standard InChI is InChI=1S/C15H32N2O2/c1-7-8-9-10-16-11-13(2)12-17(6)14(18)19-15(3,4)5/h13,16H,7-12H2,1-6H3. The fourth-order valence-electron chi connectivity index (χ4n) is 1.79. The van der Waals surface area contributed by atoms with Gasteiger partial charge in [-0.3, -0.25) is 0 Å². The summed E-state index contributed by atoms with van der Waals surface area (Å²) in [5, 5.41) is 3.43. The number of rotatable bonds is 8. The summed E-state index contributed by atoms with van der Waals surface area (Å²) in [4.78, 5) is 13.4. The molecule has 0 aliphatic heterocycles. The van der Waals surface area contributed by atoms with Gasteiger partial charge in [0, 0.05) is 13.6 Å². The van der Waals surface area contributed by atoms with Crippen molar-refractivity contribution in [3.8, 4) is 0 Å². The molecule has 0 aromatic carbocycles. The van der Waals surface area contributed by atoms with E-state index in [4.69, 9.17) is 4.74 Å². The molecule has 0 saturated heterocycles. The summed E-state index contributed by atoms with van der Waals surface area (Å²) in [7, 11) is 1.79. The Balaban J connectivity index is 3.79. The van der Waals surface area contributed by atoms with Gasteiger partial charge in [0.05, 0.1) is 0 Å². The van der Waals surface area contributed by atoms with Gasteiger partial charge >= 0.3 is 6.09 Å². The summed E-state index contributed by atoms with van der Waals surface area (Å²) in [5.41, 5.74) is -0.424. The van der Waals surface area contributed by atoms with Crippen LogP contribution in [-0.2, 0) is 4.74 Å². The molecule has 0 bridgehead atoms. The molecule has 0 aromatic heterocycles. The van der Waals surface area contributed by atoms with E-state index in [2.05, 4.69) is 19.2 Å². The maximum absolute atomic E-state index is 11.8. The third-order valence-corrected chi connectivity index (χ3v) is 2.74. The van der Waals surface area contributed by atoms with E-state index >= 15 is 0 Å². The Morgan fingerprint density at radius 2 is 1.95 bits per heavy atom. The van der Waals surface area contributed by atoms with E-state index in [-0.39, 0.29) is 6.09 Å². The number of nitrogens with zero attached hydrogens (tertiary/aromatic N) is 1. The molecule has 0 aliphatic rings. The summed E-state index contributed by atoms with van der Waals surface area (Å²) in [5.74, 6) is 0.430. The average Bonchev–Trinajstić information content (AvgIpc) is 2.26. The highest BCUT2D eigenvalue weighted by atomic mass is 16.6. The second-order valence-electron chi connectivity index (χ2n) is 6.38. The van der Waals surface area contributed by atoms with Gasteiger partial charge in [-0.25, -0.2) is 4.79 Å². The Hall–Kier alpha value is -0.770. The Morgan fingerprint density at radius 3 is 2.47 bits per heavy atom. The van der Waals surface area contributed by atoms with E-state index in [0.717, 1.165) is 19.6 Å². The lowest BCUT2D eigenvalue weighted by atomic mass is 10.1. The molecule has 0 saturated carbocycles. The highest BCUT2D eigenvalue weighted by molar-refractivity contribution is 5.67.